The van der Waals surface area contributed by atoms with Gasteiger partial charge in [0.2, 0.25) is 10.0 Å². The molecule has 0 bridgehead atoms. The molecule has 0 amide bonds. The van der Waals surface area contributed by atoms with Gasteiger partial charge in [-0.25, -0.2) is 13.1 Å². The van der Waals surface area contributed by atoms with E-state index >= 15 is 0 Å². The van der Waals surface area contributed by atoms with Gasteiger partial charge < -0.3 is 5.32 Å². The van der Waals surface area contributed by atoms with Crippen LogP contribution in [-0.2, 0) is 10.0 Å². The molecule has 0 aromatic heterocycles. The monoisotopic (exact) mass is 208 g/mol. The maximum Gasteiger partial charge on any atom is 0.213 e. The zero-order valence-electron chi connectivity index (χ0n) is 8.63. The van der Waals surface area contributed by atoms with E-state index in [-0.39, 0.29) is 5.25 Å². The zero-order chi connectivity index (χ0) is 10.3. The van der Waals surface area contributed by atoms with Crippen molar-refractivity contribution in [3.05, 3.63) is 0 Å². The van der Waals surface area contributed by atoms with Crippen LogP contribution in [0.1, 0.15) is 27.2 Å². The predicted octanol–water partition coefficient (Wildman–Crippen LogP) is 0.314. The number of nitrogens with one attached hydrogen (secondary N) is 2. The molecule has 0 aliphatic carbocycles. The van der Waals surface area contributed by atoms with Crippen molar-refractivity contribution in [3.63, 3.8) is 0 Å². The van der Waals surface area contributed by atoms with Crippen LogP contribution in [0.25, 0.3) is 0 Å². The van der Waals surface area contributed by atoms with Crippen molar-refractivity contribution >= 4 is 10.0 Å². The predicted molar refractivity (Wildman–Crippen MR) is 55.2 cm³/mol. The van der Waals surface area contributed by atoms with Crippen molar-refractivity contribution in [3.8, 4) is 0 Å². The third-order valence-electron chi connectivity index (χ3n) is 1.65. The van der Waals surface area contributed by atoms with E-state index in [9.17, 15) is 8.42 Å². The fraction of sp³-hybridized carbons (Fsp3) is 1.00. The molecule has 0 atom stereocenters. The summed E-state index contributed by atoms with van der Waals surface area (Å²) in [6.07, 6.45) is 1.07. The van der Waals surface area contributed by atoms with Gasteiger partial charge in [0, 0.05) is 13.1 Å². The fourth-order valence-corrected chi connectivity index (χ4v) is 1.47. The Balaban J connectivity index is 3.53. The first-order chi connectivity index (χ1) is 6.00. The summed E-state index contributed by atoms with van der Waals surface area (Å²) in [5.41, 5.74) is 0. The summed E-state index contributed by atoms with van der Waals surface area (Å²) >= 11 is 0. The number of hydrogen-bond donors (Lipinski definition) is 2. The van der Waals surface area contributed by atoms with Gasteiger partial charge in [0.15, 0.2) is 0 Å². The molecule has 0 aromatic rings. The second-order valence-electron chi connectivity index (χ2n) is 3.24. The lowest BCUT2D eigenvalue weighted by Crippen LogP contribution is -2.36. The highest BCUT2D eigenvalue weighted by molar-refractivity contribution is 7.90. The van der Waals surface area contributed by atoms with Crippen LogP contribution in [0.2, 0.25) is 0 Å². The van der Waals surface area contributed by atoms with Crippen molar-refractivity contribution < 1.29 is 8.42 Å². The van der Waals surface area contributed by atoms with Crippen LogP contribution in [-0.4, -0.2) is 33.3 Å². The maximum absolute atomic E-state index is 11.2. The van der Waals surface area contributed by atoms with Crippen molar-refractivity contribution in [1.29, 1.82) is 0 Å². The first-order valence-corrected chi connectivity index (χ1v) is 6.24. The summed E-state index contributed by atoms with van der Waals surface area (Å²) in [7, 11) is -3.08. The maximum atomic E-state index is 11.2. The largest absolute Gasteiger partial charge is 0.315 e. The summed E-state index contributed by atoms with van der Waals surface area (Å²) in [4.78, 5) is 0. The van der Waals surface area contributed by atoms with E-state index in [0.717, 1.165) is 13.0 Å². The van der Waals surface area contributed by atoms with E-state index in [2.05, 4.69) is 17.0 Å². The molecular formula is C8H20N2O2S. The third kappa shape index (κ3) is 6.01. The Kier molecular flexibility index (Phi) is 6.28. The summed E-state index contributed by atoms with van der Waals surface area (Å²) in [6.45, 7) is 7.51. The minimum Gasteiger partial charge on any atom is -0.315 e. The van der Waals surface area contributed by atoms with Gasteiger partial charge in [-0.1, -0.05) is 6.92 Å². The summed E-state index contributed by atoms with van der Waals surface area (Å²) in [6, 6.07) is 0. The van der Waals surface area contributed by atoms with Gasteiger partial charge in [-0.05, 0) is 26.8 Å². The van der Waals surface area contributed by atoms with Crippen LogP contribution in [0.4, 0.5) is 0 Å². The Bertz CT molecular complexity index is 212. The highest BCUT2D eigenvalue weighted by Gasteiger charge is 2.13. The lowest BCUT2D eigenvalue weighted by molar-refractivity contribution is 0.567. The normalized spacial score (nSPS) is 12.3. The Morgan fingerprint density at radius 3 is 2.23 bits per heavy atom. The Hall–Kier alpha value is -0.130. The van der Waals surface area contributed by atoms with Crippen molar-refractivity contribution in [1.82, 2.24) is 10.0 Å². The smallest absolute Gasteiger partial charge is 0.213 e. The molecule has 0 saturated carbocycles. The van der Waals surface area contributed by atoms with Gasteiger partial charge in [0.05, 0.1) is 5.25 Å². The molecule has 0 spiro atoms. The molecule has 80 valence electrons. The fourth-order valence-electron chi connectivity index (χ4n) is 0.750. The molecule has 0 aliphatic rings. The first-order valence-electron chi connectivity index (χ1n) is 4.70. The van der Waals surface area contributed by atoms with Crippen LogP contribution < -0.4 is 10.0 Å². The second-order valence-corrected chi connectivity index (χ2v) is 5.56. The number of hydrogen-bond acceptors (Lipinski definition) is 3. The molecular weight excluding hydrogens is 188 g/mol. The Morgan fingerprint density at radius 1 is 1.15 bits per heavy atom. The summed E-state index contributed by atoms with van der Waals surface area (Å²) in [5, 5.41) is 2.77. The number of sulfonamides is 1. The van der Waals surface area contributed by atoms with Gasteiger partial charge >= 0.3 is 0 Å². The lowest BCUT2D eigenvalue weighted by Gasteiger charge is -2.09. The average Bonchev–Trinajstić information content (AvgIpc) is 2.03. The topological polar surface area (TPSA) is 58.2 Å². The van der Waals surface area contributed by atoms with Crippen molar-refractivity contribution in [2.24, 2.45) is 0 Å². The van der Waals surface area contributed by atoms with Crippen LogP contribution in [0, 0.1) is 0 Å². The van der Waals surface area contributed by atoms with Crippen molar-refractivity contribution in [2.75, 3.05) is 19.6 Å². The standard InChI is InChI=1S/C8H20N2O2S/c1-4-5-9-6-7-10-13(11,12)8(2)3/h8-10H,4-7H2,1-3H3. The molecule has 0 rings (SSSR count). The Morgan fingerprint density at radius 2 is 1.77 bits per heavy atom. The molecule has 13 heavy (non-hydrogen) atoms. The van der Waals surface area contributed by atoms with Crippen LogP contribution >= 0.6 is 0 Å². The highest BCUT2D eigenvalue weighted by atomic mass is 32.2. The van der Waals surface area contributed by atoms with Gasteiger partial charge in [0.1, 0.15) is 0 Å². The molecule has 0 aliphatic heterocycles. The van der Waals surface area contributed by atoms with E-state index in [0.29, 0.717) is 13.1 Å². The van der Waals surface area contributed by atoms with Crippen LogP contribution in [0.3, 0.4) is 0 Å². The molecule has 4 nitrogen and oxygen atoms in total. The molecule has 0 fully saturated rings. The van der Waals surface area contributed by atoms with E-state index in [1.165, 1.54) is 0 Å². The molecule has 0 aromatic carbocycles. The highest BCUT2D eigenvalue weighted by Crippen LogP contribution is 1.93. The molecule has 2 N–H and O–H groups in total. The minimum absolute atomic E-state index is 0.348. The van der Waals surface area contributed by atoms with E-state index in [4.69, 9.17) is 0 Å². The lowest BCUT2D eigenvalue weighted by atomic mass is 10.5. The molecule has 0 radical (unpaired) electrons. The van der Waals surface area contributed by atoms with Crippen LogP contribution in [0.5, 0.6) is 0 Å². The molecule has 0 unspecified atom stereocenters. The van der Waals surface area contributed by atoms with Crippen molar-refractivity contribution in [2.45, 2.75) is 32.4 Å². The molecule has 5 heteroatoms. The van der Waals surface area contributed by atoms with E-state index in [1.807, 2.05) is 0 Å². The third-order valence-corrected chi connectivity index (χ3v) is 3.50. The molecule has 0 heterocycles. The van der Waals surface area contributed by atoms with E-state index < -0.39 is 10.0 Å². The SMILES string of the molecule is CCCNCCNS(=O)(=O)C(C)C. The van der Waals surface area contributed by atoms with Gasteiger partial charge in [-0.15, -0.1) is 0 Å². The zero-order valence-corrected chi connectivity index (χ0v) is 9.45. The Labute approximate surface area is 81.2 Å². The summed E-state index contributed by atoms with van der Waals surface area (Å²) < 4.78 is 25.0. The summed E-state index contributed by atoms with van der Waals surface area (Å²) in [5.74, 6) is 0. The van der Waals surface area contributed by atoms with Gasteiger partial charge in [-0.3, -0.25) is 0 Å². The van der Waals surface area contributed by atoms with Crippen LogP contribution in [0.15, 0.2) is 0 Å². The number of rotatable bonds is 7. The average molecular weight is 208 g/mol. The van der Waals surface area contributed by atoms with E-state index in [1.54, 1.807) is 13.8 Å². The quantitative estimate of drug-likeness (QED) is 0.592. The first kappa shape index (κ1) is 12.9. The molecule has 0 saturated heterocycles. The minimum atomic E-state index is -3.08. The van der Waals surface area contributed by atoms with Gasteiger partial charge in [-0.2, -0.15) is 0 Å². The second kappa shape index (κ2) is 6.34. The van der Waals surface area contributed by atoms with Gasteiger partial charge in [0.25, 0.3) is 0 Å².